The second-order valence-electron chi connectivity index (χ2n) is 12.8. The van der Waals surface area contributed by atoms with Crippen molar-refractivity contribution in [2.24, 2.45) is 5.41 Å². The van der Waals surface area contributed by atoms with Crippen molar-refractivity contribution in [1.82, 2.24) is 0 Å². The summed E-state index contributed by atoms with van der Waals surface area (Å²) in [5.74, 6) is 0. The van der Waals surface area contributed by atoms with Gasteiger partial charge in [-0.3, -0.25) is 0 Å². The monoisotopic (exact) mass is 548 g/mol. The minimum atomic E-state index is -2.59. The van der Waals surface area contributed by atoms with Crippen molar-refractivity contribution in [2.45, 2.75) is 107 Å². The zero-order valence-corrected chi connectivity index (χ0v) is 27.8. The first-order chi connectivity index (χ1) is 19.1. The second-order valence-corrected chi connectivity index (χ2v) is 16.6. The first kappa shape index (κ1) is 30.3. The predicted molar refractivity (Wildman–Crippen MR) is 180 cm³/mol. The van der Waals surface area contributed by atoms with Crippen molar-refractivity contribution in [3.8, 4) is 0 Å². The van der Waals surface area contributed by atoms with E-state index >= 15 is 0 Å². The molecule has 3 aromatic rings. The van der Waals surface area contributed by atoms with Crippen LogP contribution in [0.3, 0.4) is 0 Å². The van der Waals surface area contributed by atoms with Gasteiger partial charge in [0.1, 0.15) is 0 Å². The highest BCUT2D eigenvalue weighted by molar-refractivity contribution is 7.16. The van der Waals surface area contributed by atoms with Crippen LogP contribution in [0.5, 0.6) is 0 Å². The van der Waals surface area contributed by atoms with Crippen molar-refractivity contribution in [3.63, 3.8) is 0 Å². The van der Waals surface area contributed by atoms with Crippen LogP contribution in [0, 0.1) is 5.41 Å². The molecule has 0 nitrogen and oxygen atoms in total. The van der Waals surface area contributed by atoms with Gasteiger partial charge in [-0.05, 0) is 105 Å². The highest BCUT2D eigenvalue weighted by Gasteiger charge is 2.45. The van der Waals surface area contributed by atoms with E-state index in [4.69, 9.17) is 0 Å². The minimum Gasteiger partial charge on any atom is -0.0771 e. The molecule has 0 bridgehead atoms. The van der Waals surface area contributed by atoms with Gasteiger partial charge in [0.25, 0.3) is 0 Å². The predicted octanol–water partition coefficient (Wildman–Crippen LogP) is 8.37. The van der Waals surface area contributed by atoms with Gasteiger partial charge < -0.3 is 0 Å². The summed E-state index contributed by atoms with van der Waals surface area (Å²) < 4.78 is 0. The molecule has 1 heteroatoms. The van der Waals surface area contributed by atoms with Crippen molar-refractivity contribution < 1.29 is 0 Å². The zero-order valence-electron chi connectivity index (χ0n) is 26.8. The van der Waals surface area contributed by atoms with Gasteiger partial charge in [0, 0.05) is 0 Å². The zero-order chi connectivity index (χ0) is 29.1. The molecular formula is C39H52Si. The molecule has 4 rings (SSSR count). The van der Waals surface area contributed by atoms with Crippen LogP contribution in [0.15, 0.2) is 77.5 Å². The van der Waals surface area contributed by atoms with Gasteiger partial charge in [-0.25, -0.2) is 0 Å². The SMILES string of the molecule is CCc1cc(CC)cc([Si](C2=CC(C(C)(C)C)=CC2)(c2cc(CC)cc(CC)c2)c2cc(CC)cc(CC)c2)c1. The molecule has 0 atom stereocenters. The summed E-state index contributed by atoms with van der Waals surface area (Å²) in [6, 6.07) is 22.9. The third kappa shape index (κ3) is 5.86. The number of rotatable bonds is 10. The second kappa shape index (κ2) is 12.5. The number of hydrogen-bond acceptors (Lipinski definition) is 0. The van der Waals surface area contributed by atoms with Gasteiger partial charge in [-0.2, -0.15) is 0 Å². The van der Waals surface area contributed by atoms with Crippen LogP contribution in [0.25, 0.3) is 0 Å². The third-order valence-electron chi connectivity index (χ3n) is 9.13. The molecule has 0 fully saturated rings. The van der Waals surface area contributed by atoms with E-state index in [0.29, 0.717) is 0 Å². The first-order valence-electron chi connectivity index (χ1n) is 15.9. The highest BCUT2D eigenvalue weighted by atomic mass is 28.3. The number of benzene rings is 3. The Morgan fingerprint density at radius 3 is 1.02 bits per heavy atom. The largest absolute Gasteiger partial charge is 0.176 e. The molecule has 1 aliphatic carbocycles. The summed E-state index contributed by atoms with van der Waals surface area (Å²) in [5.41, 5.74) is 10.5. The Bertz CT molecular complexity index is 1210. The van der Waals surface area contributed by atoms with Gasteiger partial charge in [0.2, 0.25) is 0 Å². The molecule has 0 unspecified atom stereocenters. The highest BCUT2D eigenvalue weighted by Crippen LogP contribution is 2.36. The molecule has 0 spiro atoms. The van der Waals surface area contributed by atoms with Crippen LogP contribution in [0.2, 0.25) is 0 Å². The summed E-state index contributed by atoms with van der Waals surface area (Å²) in [6.45, 7) is 21.0. The fraction of sp³-hybridized carbons (Fsp3) is 0.436. The van der Waals surface area contributed by atoms with E-state index in [0.717, 1.165) is 44.9 Å². The van der Waals surface area contributed by atoms with Gasteiger partial charge >= 0.3 is 0 Å². The Hall–Kier alpha value is -2.64. The summed E-state index contributed by atoms with van der Waals surface area (Å²) in [7, 11) is -2.59. The van der Waals surface area contributed by atoms with Crippen molar-refractivity contribution in [2.75, 3.05) is 0 Å². The van der Waals surface area contributed by atoms with Crippen LogP contribution in [0.1, 0.15) is 102 Å². The maximum Gasteiger partial charge on any atom is 0.176 e. The summed E-state index contributed by atoms with van der Waals surface area (Å²) >= 11 is 0. The van der Waals surface area contributed by atoms with E-state index in [2.05, 4.69) is 129 Å². The van der Waals surface area contributed by atoms with Crippen LogP contribution in [-0.4, -0.2) is 8.07 Å². The molecule has 0 aromatic heterocycles. The molecule has 0 N–H and O–H groups in total. The Morgan fingerprint density at radius 1 is 0.500 bits per heavy atom. The molecule has 0 saturated heterocycles. The number of allylic oxidation sites excluding steroid dienone is 4. The molecule has 212 valence electrons. The van der Waals surface area contributed by atoms with Crippen LogP contribution in [0.4, 0.5) is 0 Å². The van der Waals surface area contributed by atoms with E-state index in [1.165, 1.54) is 39.0 Å². The number of aryl methyl sites for hydroxylation is 6. The summed E-state index contributed by atoms with van der Waals surface area (Å²) in [6.07, 6.45) is 12.6. The summed E-state index contributed by atoms with van der Waals surface area (Å²) in [4.78, 5) is 0. The topological polar surface area (TPSA) is 0 Å². The standard InChI is InChI=1S/C39H52Si/c1-10-28-18-29(11-2)22-36(21-28)40(35-17-16-34(27-35)39(7,8)9,37-23-30(12-3)19-31(13-4)24-37)38-25-32(14-5)20-33(15-6)26-38/h16,18-27H,10-15,17H2,1-9H3. The lowest BCUT2D eigenvalue weighted by atomic mass is 9.87. The van der Waals surface area contributed by atoms with Crippen molar-refractivity contribution in [3.05, 3.63) is 111 Å². The average molecular weight is 549 g/mol. The fourth-order valence-corrected chi connectivity index (χ4v) is 11.8. The minimum absolute atomic E-state index is 0.140. The molecular weight excluding hydrogens is 497 g/mol. The normalized spacial score (nSPS) is 13.9. The first-order valence-corrected chi connectivity index (χ1v) is 17.9. The van der Waals surface area contributed by atoms with Gasteiger partial charge in [0.15, 0.2) is 8.07 Å². The lowest BCUT2D eigenvalue weighted by molar-refractivity contribution is 0.518. The molecule has 1 aliphatic rings. The Labute approximate surface area is 246 Å². The summed E-state index contributed by atoms with van der Waals surface area (Å²) in [5, 5.41) is 6.37. The molecule has 0 amide bonds. The molecule has 0 heterocycles. The van der Waals surface area contributed by atoms with Gasteiger partial charge in [-0.15, -0.1) is 0 Å². The van der Waals surface area contributed by atoms with Crippen molar-refractivity contribution in [1.29, 1.82) is 0 Å². The molecule has 0 radical (unpaired) electrons. The number of hydrogen-bond donors (Lipinski definition) is 0. The Morgan fingerprint density at radius 2 is 0.800 bits per heavy atom. The van der Waals surface area contributed by atoms with Crippen molar-refractivity contribution >= 4 is 23.6 Å². The maximum absolute atomic E-state index is 2.63. The maximum atomic E-state index is 2.63. The van der Waals surface area contributed by atoms with Gasteiger partial charge in [-0.1, -0.05) is 134 Å². The lowest BCUT2D eigenvalue weighted by Crippen LogP contribution is -2.69. The van der Waals surface area contributed by atoms with E-state index in [1.54, 1.807) is 20.8 Å². The quantitative estimate of drug-likeness (QED) is 0.176. The molecule has 40 heavy (non-hydrogen) atoms. The van der Waals surface area contributed by atoms with E-state index in [1.807, 2.05) is 0 Å². The van der Waals surface area contributed by atoms with E-state index in [9.17, 15) is 0 Å². The van der Waals surface area contributed by atoms with E-state index < -0.39 is 8.07 Å². The van der Waals surface area contributed by atoms with Crippen LogP contribution < -0.4 is 15.6 Å². The van der Waals surface area contributed by atoms with E-state index in [-0.39, 0.29) is 5.41 Å². The van der Waals surface area contributed by atoms with Crippen LogP contribution >= 0.6 is 0 Å². The Balaban J connectivity index is 2.23. The van der Waals surface area contributed by atoms with Crippen LogP contribution in [-0.2, 0) is 38.5 Å². The Kier molecular flexibility index (Phi) is 9.46. The average Bonchev–Trinajstić information content (AvgIpc) is 3.48. The fourth-order valence-electron chi connectivity index (χ4n) is 6.53. The third-order valence-corrected chi connectivity index (χ3v) is 13.9. The molecule has 0 aliphatic heterocycles. The molecule has 3 aromatic carbocycles. The smallest absolute Gasteiger partial charge is 0.0771 e. The van der Waals surface area contributed by atoms with Gasteiger partial charge in [0.05, 0.1) is 0 Å². The lowest BCUT2D eigenvalue weighted by Gasteiger charge is -2.37. The molecule has 0 saturated carbocycles.